The molecule has 31 heavy (non-hydrogen) atoms. The van der Waals surface area contributed by atoms with Crippen molar-refractivity contribution < 1.29 is 23.1 Å². The van der Waals surface area contributed by atoms with Crippen molar-refractivity contribution in [1.29, 1.82) is 0 Å². The largest absolute Gasteiger partial charge is 0.434 e. The second-order valence-corrected chi connectivity index (χ2v) is 7.89. The molecule has 0 N–H and O–H groups in total. The summed E-state index contributed by atoms with van der Waals surface area (Å²) in [5, 5.41) is 0.772. The van der Waals surface area contributed by atoms with Crippen molar-refractivity contribution in [3.63, 3.8) is 0 Å². The third kappa shape index (κ3) is 4.72. The maximum absolute atomic E-state index is 12.9. The van der Waals surface area contributed by atoms with Gasteiger partial charge in [-0.15, -0.1) is 11.3 Å². The predicted molar refractivity (Wildman–Crippen MR) is 112 cm³/mol. The predicted octanol–water partition coefficient (Wildman–Crippen LogP) is 4.01. The number of para-hydroxylation sites is 1. The highest BCUT2D eigenvalue weighted by Crippen LogP contribution is 2.26. The Balaban J connectivity index is 1.39. The van der Waals surface area contributed by atoms with Gasteiger partial charge in [-0.05, 0) is 12.1 Å². The first-order valence-corrected chi connectivity index (χ1v) is 10.5. The number of rotatable bonds is 5. The van der Waals surface area contributed by atoms with E-state index in [9.17, 15) is 18.4 Å². The first-order chi connectivity index (χ1) is 15.0. The number of amides is 2. The molecule has 0 aliphatic carbocycles. The van der Waals surface area contributed by atoms with Crippen molar-refractivity contribution in [2.24, 2.45) is 0 Å². The number of benzene rings is 2. The zero-order valence-corrected chi connectivity index (χ0v) is 17.2. The topological polar surface area (TPSA) is 62.7 Å². The van der Waals surface area contributed by atoms with Crippen LogP contribution in [0.4, 0.5) is 8.78 Å². The summed E-state index contributed by atoms with van der Waals surface area (Å²) in [4.78, 5) is 33.8. The Kier molecular flexibility index (Phi) is 6.22. The molecule has 0 atom stereocenters. The van der Waals surface area contributed by atoms with Crippen molar-refractivity contribution in [2.75, 3.05) is 26.2 Å². The molecule has 2 heterocycles. The molecular formula is C22H19F2N3O3S. The van der Waals surface area contributed by atoms with Crippen LogP contribution in [-0.2, 0) is 0 Å². The van der Waals surface area contributed by atoms with Crippen LogP contribution in [0, 0.1) is 0 Å². The summed E-state index contributed by atoms with van der Waals surface area (Å²) < 4.78 is 29.7. The number of thiazole rings is 1. The van der Waals surface area contributed by atoms with Crippen LogP contribution in [0.25, 0.3) is 10.6 Å². The Labute approximate surface area is 181 Å². The zero-order chi connectivity index (χ0) is 21.8. The minimum atomic E-state index is -3.01. The zero-order valence-electron chi connectivity index (χ0n) is 16.4. The maximum atomic E-state index is 12.9. The number of carbonyl (C=O) groups excluding carboxylic acids is 2. The van der Waals surface area contributed by atoms with Gasteiger partial charge >= 0.3 is 6.61 Å². The monoisotopic (exact) mass is 443 g/mol. The number of halogens is 2. The lowest BCUT2D eigenvalue weighted by atomic mass is 10.1. The fourth-order valence-electron chi connectivity index (χ4n) is 3.37. The second kappa shape index (κ2) is 9.22. The summed E-state index contributed by atoms with van der Waals surface area (Å²) in [6, 6.07) is 15.6. The molecule has 0 radical (unpaired) electrons. The van der Waals surface area contributed by atoms with Crippen LogP contribution in [0.2, 0.25) is 0 Å². The van der Waals surface area contributed by atoms with Crippen molar-refractivity contribution in [3.05, 3.63) is 71.2 Å². The van der Waals surface area contributed by atoms with Gasteiger partial charge in [0.15, 0.2) is 0 Å². The Hall–Kier alpha value is -3.33. The van der Waals surface area contributed by atoms with Crippen LogP contribution in [0.15, 0.2) is 60.8 Å². The molecule has 0 bridgehead atoms. The van der Waals surface area contributed by atoms with Crippen molar-refractivity contribution in [3.8, 4) is 16.3 Å². The summed E-state index contributed by atoms with van der Waals surface area (Å²) in [6.07, 6.45) is 1.57. The number of carbonyl (C=O) groups is 2. The fourth-order valence-corrected chi connectivity index (χ4v) is 4.26. The lowest BCUT2D eigenvalue weighted by molar-refractivity contribution is -0.0503. The molecule has 6 nitrogen and oxygen atoms in total. The smallest absolute Gasteiger partial charge is 0.387 e. The van der Waals surface area contributed by atoms with Gasteiger partial charge in [-0.3, -0.25) is 9.59 Å². The van der Waals surface area contributed by atoms with E-state index in [0.717, 1.165) is 10.6 Å². The van der Waals surface area contributed by atoms with Crippen LogP contribution >= 0.6 is 11.3 Å². The van der Waals surface area contributed by atoms with E-state index in [0.29, 0.717) is 31.1 Å². The summed E-state index contributed by atoms with van der Waals surface area (Å²) in [5.41, 5.74) is 1.03. The molecule has 1 aliphatic heterocycles. The third-order valence-electron chi connectivity index (χ3n) is 4.92. The van der Waals surface area contributed by atoms with E-state index < -0.39 is 12.5 Å². The molecule has 4 rings (SSSR count). The Morgan fingerprint density at radius 3 is 2.19 bits per heavy atom. The van der Waals surface area contributed by atoms with Crippen LogP contribution in [0.3, 0.4) is 0 Å². The molecule has 9 heteroatoms. The molecule has 2 aromatic carbocycles. The standard InChI is InChI=1S/C22H19F2N3O3S/c23-22(24)30-17-9-5-4-8-16(17)20(28)26-10-12-27(13-11-26)21(29)18-14-25-19(31-18)15-6-2-1-3-7-15/h1-9,14,22H,10-13H2. The van der Waals surface area contributed by atoms with E-state index >= 15 is 0 Å². The Bertz CT molecular complexity index is 1070. The van der Waals surface area contributed by atoms with E-state index in [4.69, 9.17) is 0 Å². The molecule has 0 unspecified atom stereocenters. The Morgan fingerprint density at radius 2 is 1.52 bits per heavy atom. The molecule has 1 saturated heterocycles. The van der Waals surface area contributed by atoms with Gasteiger partial charge < -0.3 is 14.5 Å². The van der Waals surface area contributed by atoms with Crippen molar-refractivity contribution in [2.45, 2.75) is 6.61 Å². The molecule has 0 saturated carbocycles. The van der Waals surface area contributed by atoms with Gasteiger partial charge in [0.1, 0.15) is 15.6 Å². The van der Waals surface area contributed by atoms with Crippen LogP contribution in [0.1, 0.15) is 20.0 Å². The van der Waals surface area contributed by atoms with E-state index in [2.05, 4.69) is 9.72 Å². The normalized spacial score (nSPS) is 14.0. The number of nitrogens with zero attached hydrogens (tertiary/aromatic N) is 3. The summed E-state index contributed by atoms with van der Waals surface area (Å²) in [7, 11) is 0. The van der Waals surface area contributed by atoms with Crippen LogP contribution in [-0.4, -0.2) is 59.4 Å². The summed E-state index contributed by atoms with van der Waals surface area (Å²) in [6.45, 7) is -1.71. The first kappa shape index (κ1) is 20.9. The van der Waals surface area contributed by atoms with Crippen molar-refractivity contribution >= 4 is 23.2 Å². The van der Waals surface area contributed by atoms with Gasteiger partial charge in [0.2, 0.25) is 0 Å². The molecule has 0 spiro atoms. The maximum Gasteiger partial charge on any atom is 0.387 e. The first-order valence-electron chi connectivity index (χ1n) is 9.66. The number of hydrogen-bond donors (Lipinski definition) is 0. The molecule has 160 valence electrons. The van der Waals surface area contributed by atoms with Gasteiger partial charge in [-0.2, -0.15) is 8.78 Å². The van der Waals surface area contributed by atoms with Gasteiger partial charge in [-0.1, -0.05) is 42.5 Å². The summed E-state index contributed by atoms with van der Waals surface area (Å²) in [5.74, 6) is -0.681. The van der Waals surface area contributed by atoms with E-state index in [1.807, 2.05) is 30.3 Å². The minimum absolute atomic E-state index is 0.0811. The molecular weight excluding hydrogens is 424 g/mol. The quantitative estimate of drug-likeness (QED) is 0.598. The highest BCUT2D eigenvalue weighted by Gasteiger charge is 2.28. The van der Waals surface area contributed by atoms with Crippen LogP contribution in [0.5, 0.6) is 5.75 Å². The minimum Gasteiger partial charge on any atom is -0.434 e. The van der Waals surface area contributed by atoms with Gasteiger partial charge in [0.05, 0.1) is 11.8 Å². The third-order valence-corrected chi connectivity index (χ3v) is 5.96. The van der Waals surface area contributed by atoms with E-state index in [1.165, 1.54) is 29.5 Å². The van der Waals surface area contributed by atoms with Crippen LogP contribution < -0.4 is 4.74 Å². The number of hydrogen-bond acceptors (Lipinski definition) is 5. The van der Waals surface area contributed by atoms with Gasteiger partial charge in [-0.25, -0.2) is 4.98 Å². The highest BCUT2D eigenvalue weighted by atomic mass is 32.1. The van der Waals surface area contributed by atoms with Gasteiger partial charge in [0, 0.05) is 31.7 Å². The molecule has 1 aliphatic rings. The Morgan fingerprint density at radius 1 is 0.903 bits per heavy atom. The molecule has 2 amide bonds. The summed E-state index contributed by atoms with van der Waals surface area (Å²) >= 11 is 1.33. The average molecular weight is 443 g/mol. The molecule has 1 fully saturated rings. The van der Waals surface area contributed by atoms with Gasteiger partial charge in [0.25, 0.3) is 11.8 Å². The lowest BCUT2D eigenvalue weighted by Gasteiger charge is -2.34. The highest BCUT2D eigenvalue weighted by molar-refractivity contribution is 7.16. The number of alkyl halides is 2. The lowest BCUT2D eigenvalue weighted by Crippen LogP contribution is -2.50. The molecule has 1 aromatic heterocycles. The number of piperazine rings is 1. The second-order valence-electron chi connectivity index (χ2n) is 6.85. The SMILES string of the molecule is O=C(c1cnc(-c2ccccc2)s1)N1CCN(C(=O)c2ccccc2OC(F)F)CC1. The van der Waals surface area contributed by atoms with E-state index in [1.54, 1.807) is 22.1 Å². The van der Waals surface area contributed by atoms with Crippen molar-refractivity contribution in [1.82, 2.24) is 14.8 Å². The molecule has 3 aromatic rings. The number of ether oxygens (including phenoxy) is 1. The number of aromatic nitrogens is 1. The fraction of sp³-hybridized carbons (Fsp3) is 0.227. The average Bonchev–Trinajstić information content (AvgIpc) is 3.29. The van der Waals surface area contributed by atoms with E-state index in [-0.39, 0.29) is 17.2 Å².